The SMILES string of the molecule is C[C@H](NC(=O)CCCC(=O)ON1C(=O)CCC1=O)C(=O)N[C@H](CC(=O)N[C@@H](CC(N)=O)C(=O)NCCCN(C(=O)CO)[C@@H](c1cc(-c2cc(F)ccc2F)cn1Cc1ccccc1)C(C)(C)C)C(N)=O. The van der Waals surface area contributed by atoms with Crippen LogP contribution in [0.4, 0.5) is 8.78 Å². The molecule has 1 aromatic heterocycles. The molecule has 0 spiro atoms. The van der Waals surface area contributed by atoms with Gasteiger partial charge in [0, 0.05) is 68.3 Å². The van der Waals surface area contributed by atoms with E-state index < -0.39 is 120 Å². The quantitative estimate of drug-likeness (QED) is 0.0460. The second-order valence-electron chi connectivity index (χ2n) is 17.7. The monoisotopic (exact) mass is 979 g/mol. The topological polar surface area (TPSA) is 312 Å². The number of hydroxylamine groups is 2. The molecule has 4 atom stereocenters. The van der Waals surface area contributed by atoms with Crippen LogP contribution in [0.2, 0.25) is 0 Å². The van der Waals surface area contributed by atoms with E-state index in [1.54, 1.807) is 12.3 Å². The fourth-order valence-corrected chi connectivity index (χ4v) is 7.63. The molecular weight excluding hydrogens is 921 g/mol. The summed E-state index contributed by atoms with van der Waals surface area (Å²) < 4.78 is 31.4. The number of primary amides is 2. The van der Waals surface area contributed by atoms with Crippen LogP contribution in [0.1, 0.15) is 96.4 Å². The zero-order chi connectivity index (χ0) is 51.9. The number of hydrogen-bond donors (Lipinski definition) is 7. The fraction of sp³-hybridized carbons (Fsp3) is 0.447. The zero-order valence-electron chi connectivity index (χ0n) is 39.3. The Kier molecular flexibility index (Phi) is 19.8. The third-order valence-electron chi connectivity index (χ3n) is 11.0. The van der Waals surface area contributed by atoms with Crippen LogP contribution >= 0.6 is 0 Å². The molecule has 3 aromatic rings. The molecule has 23 heteroatoms. The van der Waals surface area contributed by atoms with Crippen molar-refractivity contribution >= 4 is 59.1 Å². The number of aromatic nitrogens is 1. The molecule has 1 saturated heterocycles. The molecule has 70 heavy (non-hydrogen) atoms. The number of carbonyl (C=O) groups is 10. The summed E-state index contributed by atoms with van der Waals surface area (Å²) in [6.07, 6.45) is -0.616. The van der Waals surface area contributed by atoms with E-state index in [9.17, 15) is 57.4 Å². The molecule has 21 nitrogen and oxygen atoms in total. The van der Waals surface area contributed by atoms with Crippen LogP contribution in [0.3, 0.4) is 0 Å². The summed E-state index contributed by atoms with van der Waals surface area (Å²) in [5.74, 6) is -9.89. The predicted molar refractivity (Wildman–Crippen MR) is 244 cm³/mol. The number of aliphatic hydroxyl groups is 1. The molecule has 0 radical (unpaired) electrons. The lowest BCUT2D eigenvalue weighted by atomic mass is 9.83. The summed E-state index contributed by atoms with van der Waals surface area (Å²) in [6.45, 7) is 6.08. The minimum atomic E-state index is -1.65. The maximum absolute atomic E-state index is 15.1. The number of nitrogens with two attached hydrogens (primary N) is 2. The van der Waals surface area contributed by atoms with Gasteiger partial charge in [-0.2, -0.15) is 0 Å². The number of imide groups is 1. The average Bonchev–Trinajstić information content (AvgIpc) is 3.84. The molecule has 378 valence electrons. The number of carbonyl (C=O) groups excluding carboxylic acids is 10. The van der Waals surface area contributed by atoms with Gasteiger partial charge >= 0.3 is 5.97 Å². The molecule has 0 saturated carbocycles. The molecule has 1 aliphatic heterocycles. The first kappa shape index (κ1) is 55.0. The number of benzene rings is 2. The van der Waals surface area contributed by atoms with Gasteiger partial charge in [-0.25, -0.2) is 13.6 Å². The predicted octanol–water partition coefficient (Wildman–Crippen LogP) is 0.899. The van der Waals surface area contributed by atoms with Gasteiger partial charge in [0.25, 0.3) is 11.8 Å². The molecule has 0 unspecified atom stereocenters. The molecule has 4 rings (SSSR count). The lowest BCUT2D eigenvalue weighted by Gasteiger charge is -2.41. The Bertz CT molecular complexity index is 2430. The highest BCUT2D eigenvalue weighted by Gasteiger charge is 2.38. The van der Waals surface area contributed by atoms with Gasteiger partial charge in [-0.3, -0.25) is 43.2 Å². The van der Waals surface area contributed by atoms with E-state index in [0.717, 1.165) is 23.8 Å². The number of amides is 9. The summed E-state index contributed by atoms with van der Waals surface area (Å²) in [6, 6.07) is 8.79. The van der Waals surface area contributed by atoms with Crippen LogP contribution in [0.25, 0.3) is 11.1 Å². The minimum Gasteiger partial charge on any atom is -0.387 e. The second-order valence-corrected chi connectivity index (χ2v) is 17.7. The molecule has 2 aromatic carbocycles. The van der Waals surface area contributed by atoms with E-state index in [1.807, 2.05) is 55.7 Å². The number of aliphatic hydroxyl groups excluding tert-OH is 1. The molecule has 9 amide bonds. The summed E-state index contributed by atoms with van der Waals surface area (Å²) in [4.78, 5) is 131. The molecule has 1 aliphatic rings. The van der Waals surface area contributed by atoms with Crippen LogP contribution in [0.15, 0.2) is 60.8 Å². The van der Waals surface area contributed by atoms with E-state index in [2.05, 4.69) is 21.3 Å². The van der Waals surface area contributed by atoms with Crippen molar-refractivity contribution in [1.82, 2.24) is 35.8 Å². The molecule has 2 heterocycles. The van der Waals surface area contributed by atoms with Crippen LogP contribution in [0.5, 0.6) is 0 Å². The maximum atomic E-state index is 15.1. The summed E-state index contributed by atoms with van der Waals surface area (Å²) in [5.41, 5.74) is 11.8. The van der Waals surface area contributed by atoms with E-state index in [4.69, 9.17) is 16.3 Å². The van der Waals surface area contributed by atoms with Crippen molar-refractivity contribution in [2.45, 2.75) is 110 Å². The first-order valence-electron chi connectivity index (χ1n) is 22.4. The van der Waals surface area contributed by atoms with E-state index in [0.29, 0.717) is 16.3 Å². The van der Waals surface area contributed by atoms with Gasteiger partial charge in [0.15, 0.2) is 0 Å². The van der Waals surface area contributed by atoms with Gasteiger partial charge in [-0.1, -0.05) is 51.1 Å². The molecule has 0 bridgehead atoms. The van der Waals surface area contributed by atoms with Gasteiger partial charge in [0.1, 0.15) is 36.4 Å². The molecule has 0 aliphatic carbocycles. The fourth-order valence-electron chi connectivity index (χ4n) is 7.63. The van der Waals surface area contributed by atoms with E-state index in [-0.39, 0.29) is 63.7 Å². The van der Waals surface area contributed by atoms with Crippen LogP contribution < -0.4 is 32.7 Å². The average molecular weight is 980 g/mol. The highest BCUT2D eigenvalue weighted by Crippen LogP contribution is 2.41. The van der Waals surface area contributed by atoms with Gasteiger partial charge in [-0.05, 0) is 55.0 Å². The molecular formula is C47H59F2N9O12. The number of hydrogen-bond acceptors (Lipinski definition) is 12. The summed E-state index contributed by atoms with van der Waals surface area (Å²) in [7, 11) is 0. The lowest BCUT2D eigenvalue weighted by Crippen LogP contribution is -2.54. The van der Waals surface area contributed by atoms with Gasteiger partial charge in [-0.15, -0.1) is 5.06 Å². The van der Waals surface area contributed by atoms with Crippen molar-refractivity contribution in [3.8, 4) is 11.1 Å². The lowest BCUT2D eigenvalue weighted by molar-refractivity contribution is -0.197. The Balaban J connectivity index is 1.38. The third kappa shape index (κ3) is 16.0. The van der Waals surface area contributed by atoms with Crippen LogP contribution in [-0.2, 0) is 59.3 Å². The van der Waals surface area contributed by atoms with Gasteiger partial charge in [0.05, 0.1) is 18.9 Å². The number of halogens is 2. The summed E-state index contributed by atoms with van der Waals surface area (Å²) in [5, 5.41) is 20.0. The first-order valence-corrected chi connectivity index (χ1v) is 22.4. The third-order valence-corrected chi connectivity index (χ3v) is 11.0. The Hall–Kier alpha value is -7.56. The number of nitrogens with zero attached hydrogens (tertiary/aromatic N) is 3. The van der Waals surface area contributed by atoms with Crippen molar-refractivity contribution in [2.24, 2.45) is 16.9 Å². The Morgan fingerprint density at radius 3 is 2.11 bits per heavy atom. The highest BCUT2D eigenvalue weighted by molar-refractivity contribution is 6.01. The van der Waals surface area contributed by atoms with Crippen LogP contribution in [0, 0.1) is 17.0 Å². The second kappa shape index (κ2) is 25.2. The van der Waals surface area contributed by atoms with E-state index >= 15 is 4.39 Å². The highest BCUT2D eigenvalue weighted by atomic mass is 19.1. The van der Waals surface area contributed by atoms with Crippen LogP contribution in [-0.4, -0.2) is 117 Å². The molecule has 9 N–H and O–H groups in total. The van der Waals surface area contributed by atoms with Gasteiger partial charge < -0.3 is 52.1 Å². The Labute approximate surface area is 401 Å². The minimum absolute atomic E-state index is 0.000841. The smallest absolute Gasteiger partial charge is 0.333 e. The largest absolute Gasteiger partial charge is 0.387 e. The van der Waals surface area contributed by atoms with Crippen molar-refractivity contribution < 1.29 is 66.7 Å². The van der Waals surface area contributed by atoms with Crippen molar-refractivity contribution in [3.63, 3.8) is 0 Å². The standard InChI is InChI=1S/C47H59F2N9O12/c1-27(53-37(61)12-8-13-42(66)70-58-39(63)16-17-40(58)64)45(68)55-33(44(51)67)23-38(62)54-34(22-36(50)60)46(69)52-18-9-19-57(41(65)26-59)43(47(2,3)4)35-20-29(31-21-30(48)14-15-32(31)49)25-56(35)24-28-10-6-5-7-11-28/h5-7,10-11,14-15,20-21,25,27,33-34,43,59H,8-9,12-13,16-19,22-24,26H2,1-4H3,(H2,50,60)(H2,51,67)(H,52,69)(H,53,61)(H,54,62)(H,55,68)/t27-,33+,34-,43-/m0/s1. The number of rotatable bonds is 25. The number of nitrogens with one attached hydrogen (secondary N) is 4. The Morgan fingerprint density at radius 2 is 1.50 bits per heavy atom. The van der Waals surface area contributed by atoms with E-state index in [1.165, 1.54) is 11.8 Å². The van der Waals surface area contributed by atoms with Crippen molar-refractivity contribution in [1.29, 1.82) is 0 Å². The normalized spacial score (nSPS) is 14.2. The van der Waals surface area contributed by atoms with Crippen molar-refractivity contribution in [3.05, 3.63) is 83.7 Å². The first-order chi connectivity index (χ1) is 33.0. The Morgan fingerprint density at radius 1 is 0.829 bits per heavy atom. The molecule has 1 fully saturated rings. The van der Waals surface area contributed by atoms with Gasteiger partial charge in [0.2, 0.25) is 41.4 Å². The maximum Gasteiger partial charge on any atom is 0.333 e. The van der Waals surface area contributed by atoms with Crippen molar-refractivity contribution in [2.75, 3.05) is 19.7 Å². The summed E-state index contributed by atoms with van der Waals surface area (Å²) >= 11 is 0. The zero-order valence-corrected chi connectivity index (χ0v) is 39.3.